The number of aryl methyl sites for hydroxylation is 1. The molecule has 0 saturated heterocycles. The van der Waals surface area contributed by atoms with Crippen LogP contribution in [0.2, 0.25) is 0 Å². The lowest BCUT2D eigenvalue weighted by Crippen LogP contribution is -2.25. The molecule has 2 aliphatic carbocycles. The van der Waals surface area contributed by atoms with Gasteiger partial charge in [-0.25, -0.2) is 9.97 Å². The number of rotatable bonds is 1. The summed E-state index contributed by atoms with van der Waals surface area (Å²) < 4.78 is 0. The fourth-order valence-electron chi connectivity index (χ4n) is 5.99. The van der Waals surface area contributed by atoms with Gasteiger partial charge in [0.25, 0.3) is 0 Å². The van der Waals surface area contributed by atoms with Gasteiger partial charge in [0.15, 0.2) is 0 Å². The normalized spacial score (nSPS) is 14.0. The summed E-state index contributed by atoms with van der Waals surface area (Å²) in [5.74, 6) is 0. The first-order valence-electron chi connectivity index (χ1n) is 11.0. The third kappa shape index (κ3) is 2.04. The SMILES string of the molecule is Cc1cccc2c1-c1ccc(-c3ccncn3)cc1C21c2ccccc2-c2ccccc21. The predicted octanol–water partition coefficient (Wildman–Crippen LogP) is 6.80. The van der Waals surface area contributed by atoms with Crippen molar-refractivity contribution in [3.8, 4) is 33.5 Å². The molecule has 1 spiro atoms. The van der Waals surface area contributed by atoms with Crippen LogP contribution in [-0.2, 0) is 5.41 Å². The lowest BCUT2D eigenvalue weighted by atomic mass is 9.70. The summed E-state index contributed by atoms with van der Waals surface area (Å²) >= 11 is 0. The number of fused-ring (bicyclic) bond motifs is 10. The van der Waals surface area contributed by atoms with E-state index in [9.17, 15) is 0 Å². The summed E-state index contributed by atoms with van der Waals surface area (Å²) in [7, 11) is 0. The third-order valence-electron chi connectivity index (χ3n) is 7.20. The monoisotopic (exact) mass is 408 g/mol. The van der Waals surface area contributed by atoms with Crippen LogP contribution in [0.1, 0.15) is 27.8 Å². The first-order valence-corrected chi connectivity index (χ1v) is 11.0. The van der Waals surface area contributed by atoms with Gasteiger partial charge in [-0.1, -0.05) is 78.9 Å². The summed E-state index contributed by atoms with van der Waals surface area (Å²) in [6.45, 7) is 2.23. The maximum absolute atomic E-state index is 4.53. The van der Waals surface area contributed by atoms with Gasteiger partial charge >= 0.3 is 0 Å². The van der Waals surface area contributed by atoms with Crippen LogP contribution in [0.3, 0.4) is 0 Å². The highest BCUT2D eigenvalue weighted by atomic mass is 14.8. The summed E-state index contributed by atoms with van der Waals surface area (Å²) in [6, 6.07) is 33.4. The second kappa shape index (κ2) is 6.24. The van der Waals surface area contributed by atoms with Crippen molar-refractivity contribution in [2.45, 2.75) is 12.3 Å². The Morgan fingerprint density at radius 3 is 2.06 bits per heavy atom. The fraction of sp³-hybridized carbons (Fsp3) is 0.0667. The van der Waals surface area contributed by atoms with Crippen LogP contribution in [0.5, 0.6) is 0 Å². The minimum absolute atomic E-state index is 0.313. The molecule has 0 aliphatic heterocycles. The lowest BCUT2D eigenvalue weighted by molar-refractivity contribution is 0.793. The molecule has 0 fully saturated rings. The average molecular weight is 409 g/mol. The van der Waals surface area contributed by atoms with Gasteiger partial charge in [0.1, 0.15) is 6.33 Å². The Labute approximate surface area is 187 Å². The Hall–Kier alpha value is -4.04. The van der Waals surface area contributed by atoms with E-state index in [-0.39, 0.29) is 5.41 Å². The van der Waals surface area contributed by atoms with Gasteiger partial charge in [0.2, 0.25) is 0 Å². The molecule has 0 unspecified atom stereocenters. The Bertz CT molecular complexity index is 1490. The number of hydrogen-bond acceptors (Lipinski definition) is 2. The highest BCUT2D eigenvalue weighted by Gasteiger charge is 2.51. The molecule has 7 rings (SSSR count). The minimum Gasteiger partial charge on any atom is -0.245 e. The Kier molecular flexibility index (Phi) is 3.44. The average Bonchev–Trinajstić information content (AvgIpc) is 3.32. The van der Waals surface area contributed by atoms with Crippen LogP contribution in [0.25, 0.3) is 33.5 Å². The molecular weight excluding hydrogens is 388 g/mol. The summed E-state index contributed by atoms with van der Waals surface area (Å²) in [5.41, 5.74) is 13.9. The molecule has 0 N–H and O–H groups in total. The van der Waals surface area contributed by atoms with Gasteiger partial charge in [0, 0.05) is 11.8 Å². The molecule has 0 bridgehead atoms. The molecule has 0 saturated carbocycles. The van der Waals surface area contributed by atoms with Gasteiger partial charge in [-0.3, -0.25) is 0 Å². The zero-order valence-electron chi connectivity index (χ0n) is 17.7. The molecule has 4 aromatic carbocycles. The van der Waals surface area contributed by atoms with Crippen molar-refractivity contribution in [2.75, 3.05) is 0 Å². The van der Waals surface area contributed by atoms with E-state index in [1.54, 1.807) is 6.33 Å². The molecule has 0 atom stereocenters. The zero-order chi connectivity index (χ0) is 21.3. The van der Waals surface area contributed by atoms with Crippen LogP contribution in [0.4, 0.5) is 0 Å². The molecule has 0 radical (unpaired) electrons. The highest BCUT2D eigenvalue weighted by Crippen LogP contribution is 2.63. The molecular formula is C30H20N2. The van der Waals surface area contributed by atoms with E-state index in [1.807, 2.05) is 12.3 Å². The van der Waals surface area contributed by atoms with Crippen LogP contribution >= 0.6 is 0 Å². The van der Waals surface area contributed by atoms with E-state index in [2.05, 4.69) is 102 Å². The molecule has 2 heteroatoms. The number of hydrogen-bond donors (Lipinski definition) is 0. The quantitative estimate of drug-likeness (QED) is 0.299. The molecule has 2 nitrogen and oxygen atoms in total. The second-order valence-corrected chi connectivity index (χ2v) is 8.69. The Morgan fingerprint density at radius 2 is 1.34 bits per heavy atom. The maximum Gasteiger partial charge on any atom is 0.116 e. The summed E-state index contributed by atoms with van der Waals surface area (Å²) in [6.07, 6.45) is 3.43. The second-order valence-electron chi connectivity index (χ2n) is 8.69. The van der Waals surface area contributed by atoms with Crippen molar-refractivity contribution >= 4 is 0 Å². The fourth-order valence-corrected chi connectivity index (χ4v) is 5.99. The van der Waals surface area contributed by atoms with E-state index < -0.39 is 0 Å². The van der Waals surface area contributed by atoms with Crippen molar-refractivity contribution < 1.29 is 0 Å². The molecule has 0 amide bonds. The molecule has 1 aromatic heterocycles. The maximum atomic E-state index is 4.53. The van der Waals surface area contributed by atoms with Gasteiger partial charge in [-0.05, 0) is 69.1 Å². The predicted molar refractivity (Wildman–Crippen MR) is 129 cm³/mol. The van der Waals surface area contributed by atoms with Gasteiger partial charge in [0.05, 0.1) is 11.1 Å². The number of nitrogens with zero attached hydrogens (tertiary/aromatic N) is 2. The van der Waals surface area contributed by atoms with Crippen LogP contribution in [0.15, 0.2) is 104 Å². The molecule has 32 heavy (non-hydrogen) atoms. The Morgan fingerprint density at radius 1 is 0.625 bits per heavy atom. The van der Waals surface area contributed by atoms with Crippen LogP contribution in [0, 0.1) is 6.92 Å². The zero-order valence-corrected chi connectivity index (χ0v) is 17.7. The highest BCUT2D eigenvalue weighted by molar-refractivity contribution is 5.96. The first kappa shape index (κ1) is 17.6. The molecule has 150 valence electrons. The van der Waals surface area contributed by atoms with Gasteiger partial charge < -0.3 is 0 Å². The topological polar surface area (TPSA) is 25.8 Å². The van der Waals surface area contributed by atoms with Crippen molar-refractivity contribution in [3.05, 3.63) is 131 Å². The molecule has 5 aromatic rings. The Balaban J connectivity index is 1.66. The van der Waals surface area contributed by atoms with E-state index in [4.69, 9.17) is 0 Å². The van der Waals surface area contributed by atoms with Crippen molar-refractivity contribution in [1.82, 2.24) is 9.97 Å². The van der Waals surface area contributed by atoms with E-state index in [0.717, 1.165) is 11.3 Å². The first-order chi connectivity index (χ1) is 15.8. The van der Waals surface area contributed by atoms with Crippen molar-refractivity contribution in [3.63, 3.8) is 0 Å². The third-order valence-corrected chi connectivity index (χ3v) is 7.20. The minimum atomic E-state index is -0.313. The summed E-state index contributed by atoms with van der Waals surface area (Å²) in [5, 5.41) is 0. The largest absolute Gasteiger partial charge is 0.245 e. The van der Waals surface area contributed by atoms with Gasteiger partial charge in [-0.2, -0.15) is 0 Å². The van der Waals surface area contributed by atoms with Crippen molar-refractivity contribution in [2.24, 2.45) is 0 Å². The van der Waals surface area contributed by atoms with E-state index in [0.29, 0.717) is 0 Å². The van der Waals surface area contributed by atoms with Gasteiger partial charge in [-0.15, -0.1) is 0 Å². The molecule has 1 heterocycles. The lowest BCUT2D eigenvalue weighted by Gasteiger charge is -2.30. The number of benzene rings is 4. The van der Waals surface area contributed by atoms with Crippen LogP contribution < -0.4 is 0 Å². The van der Waals surface area contributed by atoms with E-state index in [1.165, 1.54) is 50.1 Å². The van der Waals surface area contributed by atoms with Crippen LogP contribution in [-0.4, -0.2) is 9.97 Å². The smallest absolute Gasteiger partial charge is 0.116 e. The van der Waals surface area contributed by atoms with E-state index >= 15 is 0 Å². The standard InChI is InChI=1S/C30H20N2/c1-19-7-6-12-26-29(19)23-14-13-20(28-15-16-31-18-32-28)17-27(23)30(26)24-10-4-2-8-21(24)22-9-3-5-11-25(22)30/h2-18H,1H3. The number of aromatic nitrogens is 2. The van der Waals surface area contributed by atoms with Crippen molar-refractivity contribution in [1.29, 1.82) is 0 Å². The molecule has 2 aliphatic rings. The summed E-state index contributed by atoms with van der Waals surface area (Å²) in [4.78, 5) is 8.64.